The van der Waals surface area contributed by atoms with Crippen molar-refractivity contribution in [2.45, 2.75) is 13.0 Å². The van der Waals surface area contributed by atoms with Gasteiger partial charge < -0.3 is 9.64 Å². The highest BCUT2D eigenvalue weighted by Gasteiger charge is 2.28. The van der Waals surface area contributed by atoms with Gasteiger partial charge in [-0.1, -0.05) is 22.0 Å². The number of halogens is 1. The van der Waals surface area contributed by atoms with Crippen LogP contribution in [0.1, 0.15) is 27.8 Å². The molecule has 128 valence electrons. The first-order valence-corrected chi connectivity index (χ1v) is 8.75. The summed E-state index contributed by atoms with van der Waals surface area (Å²) in [5.74, 6) is 0.532. The molecule has 0 bridgehead atoms. The Morgan fingerprint density at radius 3 is 3.08 bits per heavy atom. The lowest BCUT2D eigenvalue weighted by Crippen LogP contribution is -2.42. The monoisotopic (exact) mass is 401 g/mol. The van der Waals surface area contributed by atoms with Crippen molar-refractivity contribution in [1.82, 2.24) is 24.5 Å². The standard InChI is InChI=1S/C17H16BrN5O2/c1-11-7-14(23-17(21-11)19-10-20-23)15-9-22(5-6-25-15)16(24)12-3-2-4-13(18)8-12/h2-4,7-8,10,15H,5-6,9H2,1H3/t15-/m0/s1. The SMILES string of the molecule is Cc1cc([C@@H]2CN(C(=O)c3cccc(Br)c3)CCO2)n2ncnc2n1. The van der Waals surface area contributed by atoms with Crippen molar-refractivity contribution in [2.24, 2.45) is 0 Å². The van der Waals surface area contributed by atoms with Crippen LogP contribution in [0.25, 0.3) is 5.78 Å². The van der Waals surface area contributed by atoms with Crippen LogP contribution in [0.3, 0.4) is 0 Å². The molecular weight excluding hydrogens is 386 g/mol. The zero-order chi connectivity index (χ0) is 17.4. The molecule has 0 N–H and O–H groups in total. The fourth-order valence-corrected chi connectivity index (χ4v) is 3.40. The van der Waals surface area contributed by atoms with E-state index < -0.39 is 0 Å². The van der Waals surface area contributed by atoms with Gasteiger partial charge in [0.25, 0.3) is 11.7 Å². The van der Waals surface area contributed by atoms with E-state index in [1.54, 1.807) is 4.52 Å². The Balaban J connectivity index is 1.62. The van der Waals surface area contributed by atoms with Gasteiger partial charge >= 0.3 is 0 Å². The molecule has 1 saturated heterocycles. The fraction of sp³-hybridized carbons (Fsp3) is 0.294. The number of hydrogen-bond acceptors (Lipinski definition) is 5. The van der Waals surface area contributed by atoms with Gasteiger partial charge in [0.2, 0.25) is 0 Å². The highest BCUT2D eigenvalue weighted by molar-refractivity contribution is 9.10. The molecule has 2 aromatic heterocycles. The summed E-state index contributed by atoms with van der Waals surface area (Å²) in [4.78, 5) is 23.1. The van der Waals surface area contributed by atoms with E-state index in [1.807, 2.05) is 42.2 Å². The summed E-state index contributed by atoms with van der Waals surface area (Å²) < 4.78 is 8.47. The van der Waals surface area contributed by atoms with Crippen molar-refractivity contribution in [2.75, 3.05) is 19.7 Å². The Labute approximate surface area is 152 Å². The molecule has 0 aliphatic carbocycles. The quantitative estimate of drug-likeness (QED) is 0.659. The summed E-state index contributed by atoms with van der Waals surface area (Å²) in [5, 5.41) is 4.23. The molecule has 1 aromatic carbocycles. The molecule has 8 heteroatoms. The second-order valence-corrected chi connectivity index (χ2v) is 6.83. The second kappa shape index (κ2) is 6.53. The molecule has 25 heavy (non-hydrogen) atoms. The van der Waals surface area contributed by atoms with E-state index in [9.17, 15) is 4.79 Å². The van der Waals surface area contributed by atoms with Crippen molar-refractivity contribution in [3.8, 4) is 0 Å². The molecule has 4 rings (SSSR count). The molecule has 3 aromatic rings. The van der Waals surface area contributed by atoms with Crippen LogP contribution in [-0.4, -0.2) is 50.1 Å². The lowest BCUT2D eigenvalue weighted by atomic mass is 10.1. The minimum Gasteiger partial charge on any atom is -0.368 e. The predicted octanol–water partition coefficient (Wildman–Crippen LogP) is 2.41. The second-order valence-electron chi connectivity index (χ2n) is 5.92. The molecule has 1 fully saturated rings. The van der Waals surface area contributed by atoms with Gasteiger partial charge in [-0.3, -0.25) is 4.79 Å². The molecule has 3 heterocycles. The number of rotatable bonds is 2. The van der Waals surface area contributed by atoms with Gasteiger partial charge in [0, 0.05) is 22.3 Å². The summed E-state index contributed by atoms with van der Waals surface area (Å²) in [7, 11) is 0. The Morgan fingerprint density at radius 2 is 2.24 bits per heavy atom. The van der Waals surface area contributed by atoms with Crippen molar-refractivity contribution in [3.63, 3.8) is 0 Å². The number of amides is 1. The van der Waals surface area contributed by atoms with E-state index in [1.165, 1.54) is 6.33 Å². The molecule has 0 saturated carbocycles. The lowest BCUT2D eigenvalue weighted by Gasteiger charge is -2.33. The minimum atomic E-state index is -0.268. The molecule has 1 atom stereocenters. The number of carbonyl (C=O) groups excluding carboxylic acids is 1. The summed E-state index contributed by atoms with van der Waals surface area (Å²) in [6.07, 6.45) is 1.20. The molecule has 1 amide bonds. The van der Waals surface area contributed by atoms with Crippen molar-refractivity contribution in [3.05, 3.63) is 58.1 Å². The number of aromatic nitrogens is 4. The van der Waals surface area contributed by atoms with Crippen LogP contribution < -0.4 is 0 Å². The maximum absolute atomic E-state index is 12.8. The fourth-order valence-electron chi connectivity index (χ4n) is 3.01. The zero-order valence-corrected chi connectivity index (χ0v) is 15.2. The van der Waals surface area contributed by atoms with E-state index in [-0.39, 0.29) is 12.0 Å². The number of hydrogen-bond donors (Lipinski definition) is 0. The van der Waals surface area contributed by atoms with E-state index in [0.717, 1.165) is 15.9 Å². The Hall–Kier alpha value is -2.32. The lowest BCUT2D eigenvalue weighted by molar-refractivity contribution is -0.0257. The number of aryl methyl sites for hydroxylation is 1. The summed E-state index contributed by atoms with van der Waals surface area (Å²) in [5.41, 5.74) is 2.35. The molecule has 7 nitrogen and oxygen atoms in total. The van der Waals surface area contributed by atoms with Gasteiger partial charge in [0.05, 0.1) is 18.8 Å². The average Bonchev–Trinajstić information content (AvgIpc) is 3.08. The third-order valence-electron chi connectivity index (χ3n) is 4.16. The number of fused-ring (bicyclic) bond motifs is 1. The number of ether oxygens (including phenoxy) is 1. The summed E-state index contributed by atoms with van der Waals surface area (Å²) in [6, 6.07) is 9.35. The van der Waals surface area contributed by atoms with Gasteiger partial charge in [-0.05, 0) is 31.2 Å². The Morgan fingerprint density at radius 1 is 1.36 bits per heavy atom. The first kappa shape index (κ1) is 16.2. The van der Waals surface area contributed by atoms with Crippen LogP contribution in [0.15, 0.2) is 41.1 Å². The smallest absolute Gasteiger partial charge is 0.254 e. The highest BCUT2D eigenvalue weighted by Crippen LogP contribution is 2.24. The van der Waals surface area contributed by atoms with Gasteiger partial charge in [0.1, 0.15) is 12.4 Å². The molecule has 0 radical (unpaired) electrons. The largest absolute Gasteiger partial charge is 0.368 e. The summed E-state index contributed by atoms with van der Waals surface area (Å²) >= 11 is 3.41. The van der Waals surface area contributed by atoms with Crippen molar-refractivity contribution >= 4 is 27.6 Å². The number of benzene rings is 1. The van der Waals surface area contributed by atoms with E-state index in [2.05, 4.69) is 31.0 Å². The molecule has 0 unspecified atom stereocenters. The van der Waals surface area contributed by atoms with Crippen LogP contribution in [0.4, 0.5) is 0 Å². The molecular formula is C17H16BrN5O2. The predicted molar refractivity (Wildman–Crippen MR) is 94.3 cm³/mol. The first-order chi connectivity index (χ1) is 12.1. The van der Waals surface area contributed by atoms with Crippen LogP contribution in [-0.2, 0) is 4.74 Å². The van der Waals surface area contributed by atoms with E-state index in [4.69, 9.17) is 4.74 Å². The van der Waals surface area contributed by atoms with Gasteiger partial charge in [-0.2, -0.15) is 14.6 Å². The maximum atomic E-state index is 12.8. The third kappa shape index (κ3) is 3.14. The van der Waals surface area contributed by atoms with Crippen molar-refractivity contribution in [1.29, 1.82) is 0 Å². The average molecular weight is 402 g/mol. The van der Waals surface area contributed by atoms with Crippen molar-refractivity contribution < 1.29 is 9.53 Å². The van der Waals surface area contributed by atoms with Crippen LogP contribution in [0.2, 0.25) is 0 Å². The zero-order valence-electron chi connectivity index (χ0n) is 13.6. The van der Waals surface area contributed by atoms with E-state index >= 15 is 0 Å². The summed E-state index contributed by atoms with van der Waals surface area (Å²) in [6.45, 7) is 3.41. The topological polar surface area (TPSA) is 72.6 Å². The first-order valence-electron chi connectivity index (χ1n) is 7.95. The van der Waals surface area contributed by atoms with Gasteiger partial charge in [-0.25, -0.2) is 4.98 Å². The number of nitrogens with zero attached hydrogens (tertiary/aromatic N) is 5. The molecule has 1 aliphatic rings. The van der Waals surface area contributed by atoms with Crippen LogP contribution in [0, 0.1) is 6.92 Å². The van der Waals surface area contributed by atoms with E-state index in [0.29, 0.717) is 31.0 Å². The normalized spacial score (nSPS) is 17.8. The molecule has 1 aliphatic heterocycles. The number of morpholine rings is 1. The van der Waals surface area contributed by atoms with Gasteiger partial charge in [0.15, 0.2) is 0 Å². The van der Waals surface area contributed by atoms with Crippen LogP contribution in [0.5, 0.6) is 0 Å². The Bertz CT molecular complexity index is 942. The number of carbonyl (C=O) groups is 1. The maximum Gasteiger partial charge on any atom is 0.254 e. The Kier molecular flexibility index (Phi) is 4.22. The van der Waals surface area contributed by atoms with Gasteiger partial charge in [-0.15, -0.1) is 0 Å². The minimum absolute atomic E-state index is 0.00443. The third-order valence-corrected chi connectivity index (χ3v) is 4.66. The highest BCUT2D eigenvalue weighted by atomic mass is 79.9. The van der Waals surface area contributed by atoms with Crippen LogP contribution >= 0.6 is 15.9 Å². The molecule has 0 spiro atoms.